The fourth-order valence-corrected chi connectivity index (χ4v) is 1.96. The van der Waals surface area contributed by atoms with Crippen molar-refractivity contribution in [1.82, 2.24) is 4.90 Å². The predicted molar refractivity (Wildman–Crippen MR) is 60.4 cm³/mol. The maximum atomic E-state index is 13.0. The van der Waals surface area contributed by atoms with E-state index >= 15 is 0 Å². The van der Waals surface area contributed by atoms with E-state index in [2.05, 4.69) is 4.90 Å². The van der Waals surface area contributed by atoms with Crippen molar-refractivity contribution in [2.45, 2.75) is 12.6 Å². The van der Waals surface area contributed by atoms with Gasteiger partial charge in [0.15, 0.2) is 11.6 Å². The molecule has 5 heteroatoms. The van der Waals surface area contributed by atoms with Gasteiger partial charge in [-0.05, 0) is 17.7 Å². The number of rotatable bonds is 3. The largest absolute Gasteiger partial charge is 0.374 e. The normalized spacial score (nSPS) is 21.7. The Morgan fingerprint density at radius 1 is 1.35 bits per heavy atom. The van der Waals surface area contributed by atoms with Gasteiger partial charge in [-0.3, -0.25) is 4.90 Å². The van der Waals surface area contributed by atoms with Gasteiger partial charge in [-0.1, -0.05) is 6.07 Å². The second-order valence-electron chi connectivity index (χ2n) is 4.21. The summed E-state index contributed by atoms with van der Waals surface area (Å²) in [7, 11) is 0. The average molecular weight is 242 g/mol. The first-order valence-electron chi connectivity index (χ1n) is 5.67. The van der Waals surface area contributed by atoms with Crippen LogP contribution in [0.5, 0.6) is 0 Å². The first-order chi connectivity index (χ1) is 8.19. The second-order valence-corrected chi connectivity index (χ2v) is 4.21. The summed E-state index contributed by atoms with van der Waals surface area (Å²) in [6, 6.07) is 4.00. The van der Waals surface area contributed by atoms with Crippen LogP contribution in [0.4, 0.5) is 8.78 Å². The van der Waals surface area contributed by atoms with Gasteiger partial charge >= 0.3 is 0 Å². The van der Waals surface area contributed by atoms with Crippen LogP contribution in [0.2, 0.25) is 0 Å². The van der Waals surface area contributed by atoms with E-state index in [1.807, 2.05) is 0 Å². The van der Waals surface area contributed by atoms with Crippen LogP contribution >= 0.6 is 0 Å². The molecule has 2 N–H and O–H groups in total. The van der Waals surface area contributed by atoms with Gasteiger partial charge in [0.2, 0.25) is 0 Å². The minimum absolute atomic E-state index is 0.0362. The summed E-state index contributed by atoms with van der Waals surface area (Å²) in [5.74, 6) is -1.61. The fraction of sp³-hybridized carbons (Fsp3) is 0.500. The van der Waals surface area contributed by atoms with E-state index in [-0.39, 0.29) is 6.10 Å². The highest BCUT2D eigenvalue weighted by atomic mass is 19.2. The van der Waals surface area contributed by atoms with Gasteiger partial charge in [0.25, 0.3) is 0 Å². The van der Waals surface area contributed by atoms with Crippen molar-refractivity contribution >= 4 is 0 Å². The maximum Gasteiger partial charge on any atom is 0.159 e. The van der Waals surface area contributed by atoms with Gasteiger partial charge in [0, 0.05) is 26.2 Å². The fourth-order valence-electron chi connectivity index (χ4n) is 1.96. The molecule has 1 aromatic rings. The van der Waals surface area contributed by atoms with E-state index in [9.17, 15) is 8.78 Å². The van der Waals surface area contributed by atoms with Gasteiger partial charge in [-0.15, -0.1) is 0 Å². The monoisotopic (exact) mass is 242 g/mol. The Morgan fingerprint density at radius 3 is 2.88 bits per heavy atom. The van der Waals surface area contributed by atoms with Gasteiger partial charge < -0.3 is 10.5 Å². The van der Waals surface area contributed by atoms with Crippen LogP contribution in [-0.4, -0.2) is 37.2 Å². The second kappa shape index (κ2) is 5.53. The van der Waals surface area contributed by atoms with E-state index in [0.29, 0.717) is 19.7 Å². The zero-order valence-electron chi connectivity index (χ0n) is 9.53. The van der Waals surface area contributed by atoms with Crippen LogP contribution < -0.4 is 5.73 Å². The van der Waals surface area contributed by atoms with Crippen molar-refractivity contribution in [3.63, 3.8) is 0 Å². The van der Waals surface area contributed by atoms with E-state index < -0.39 is 11.6 Å². The molecule has 1 aliphatic heterocycles. The third kappa shape index (κ3) is 3.21. The Kier molecular flexibility index (Phi) is 4.04. The standard InChI is InChI=1S/C12H16F2N2O/c13-11-2-1-9(5-12(11)14)7-16-3-4-17-10(6-15)8-16/h1-2,5,10H,3-4,6-8,15H2. The molecular weight excluding hydrogens is 226 g/mol. The molecule has 1 fully saturated rings. The van der Waals surface area contributed by atoms with Crippen molar-refractivity contribution in [3.8, 4) is 0 Å². The molecule has 17 heavy (non-hydrogen) atoms. The third-order valence-corrected chi connectivity index (χ3v) is 2.88. The molecule has 0 amide bonds. The molecule has 2 rings (SSSR count). The lowest BCUT2D eigenvalue weighted by molar-refractivity contribution is -0.0260. The zero-order chi connectivity index (χ0) is 12.3. The predicted octanol–water partition coefficient (Wildman–Crippen LogP) is 1.12. The van der Waals surface area contributed by atoms with Crippen molar-refractivity contribution in [3.05, 3.63) is 35.4 Å². The van der Waals surface area contributed by atoms with Crippen LogP contribution in [0.3, 0.4) is 0 Å². The molecule has 1 saturated heterocycles. The minimum Gasteiger partial charge on any atom is -0.374 e. The van der Waals surface area contributed by atoms with Crippen LogP contribution in [0, 0.1) is 11.6 Å². The number of hydrogen-bond donors (Lipinski definition) is 1. The van der Waals surface area contributed by atoms with E-state index in [1.54, 1.807) is 6.07 Å². The number of morpholine rings is 1. The maximum absolute atomic E-state index is 13.0. The Balaban J connectivity index is 1.97. The highest BCUT2D eigenvalue weighted by Gasteiger charge is 2.19. The zero-order valence-corrected chi connectivity index (χ0v) is 9.53. The lowest BCUT2D eigenvalue weighted by Crippen LogP contribution is -2.45. The number of benzene rings is 1. The van der Waals surface area contributed by atoms with Crippen LogP contribution in [0.1, 0.15) is 5.56 Å². The highest BCUT2D eigenvalue weighted by Crippen LogP contribution is 2.13. The van der Waals surface area contributed by atoms with Gasteiger partial charge in [0.05, 0.1) is 12.7 Å². The van der Waals surface area contributed by atoms with Crippen molar-refractivity contribution < 1.29 is 13.5 Å². The third-order valence-electron chi connectivity index (χ3n) is 2.88. The van der Waals surface area contributed by atoms with Gasteiger partial charge in [0.1, 0.15) is 0 Å². The molecule has 0 saturated carbocycles. The molecule has 0 bridgehead atoms. The number of nitrogens with two attached hydrogens (primary N) is 1. The summed E-state index contributed by atoms with van der Waals surface area (Å²) in [6.07, 6.45) is 0.0362. The molecule has 1 heterocycles. The molecular formula is C12H16F2N2O. The molecule has 0 radical (unpaired) electrons. The van der Waals surface area contributed by atoms with Crippen LogP contribution in [0.25, 0.3) is 0 Å². The smallest absolute Gasteiger partial charge is 0.159 e. The van der Waals surface area contributed by atoms with Crippen molar-refractivity contribution in [2.24, 2.45) is 5.73 Å². The quantitative estimate of drug-likeness (QED) is 0.863. The highest BCUT2D eigenvalue weighted by molar-refractivity contribution is 5.17. The summed E-state index contributed by atoms with van der Waals surface area (Å²) in [5, 5.41) is 0. The summed E-state index contributed by atoms with van der Waals surface area (Å²) in [4.78, 5) is 2.13. The molecule has 1 atom stereocenters. The lowest BCUT2D eigenvalue weighted by atomic mass is 10.2. The minimum atomic E-state index is -0.810. The molecule has 1 unspecified atom stereocenters. The van der Waals surface area contributed by atoms with E-state index in [0.717, 1.165) is 24.7 Å². The first kappa shape index (κ1) is 12.4. The molecule has 0 aromatic heterocycles. The summed E-state index contributed by atoms with van der Waals surface area (Å²) >= 11 is 0. The Labute approximate surface area is 99.2 Å². The van der Waals surface area contributed by atoms with E-state index in [4.69, 9.17) is 10.5 Å². The topological polar surface area (TPSA) is 38.5 Å². The summed E-state index contributed by atoms with van der Waals surface area (Å²) < 4.78 is 31.2. The van der Waals surface area contributed by atoms with Crippen molar-refractivity contribution in [2.75, 3.05) is 26.2 Å². The van der Waals surface area contributed by atoms with Crippen molar-refractivity contribution in [1.29, 1.82) is 0 Å². The number of hydrogen-bond acceptors (Lipinski definition) is 3. The van der Waals surface area contributed by atoms with Gasteiger partial charge in [-0.2, -0.15) is 0 Å². The summed E-state index contributed by atoms with van der Waals surface area (Å²) in [5.41, 5.74) is 6.31. The summed E-state index contributed by atoms with van der Waals surface area (Å²) in [6.45, 7) is 3.22. The Hall–Kier alpha value is -1.04. The Morgan fingerprint density at radius 2 is 2.18 bits per heavy atom. The van der Waals surface area contributed by atoms with Gasteiger partial charge in [-0.25, -0.2) is 8.78 Å². The molecule has 1 aromatic carbocycles. The molecule has 0 aliphatic carbocycles. The SMILES string of the molecule is NCC1CN(Cc2ccc(F)c(F)c2)CCO1. The van der Waals surface area contributed by atoms with E-state index in [1.165, 1.54) is 6.07 Å². The molecule has 94 valence electrons. The number of nitrogens with zero attached hydrogens (tertiary/aromatic N) is 1. The van der Waals surface area contributed by atoms with Crippen LogP contribution in [-0.2, 0) is 11.3 Å². The Bertz CT molecular complexity index is 387. The first-order valence-corrected chi connectivity index (χ1v) is 5.67. The molecule has 3 nitrogen and oxygen atoms in total. The average Bonchev–Trinajstić information content (AvgIpc) is 2.34. The lowest BCUT2D eigenvalue weighted by Gasteiger charge is -2.32. The molecule has 0 spiro atoms. The number of halogens is 2. The van der Waals surface area contributed by atoms with Crippen LogP contribution in [0.15, 0.2) is 18.2 Å². The molecule has 1 aliphatic rings. The number of ether oxygens (including phenoxy) is 1.